The van der Waals surface area contributed by atoms with E-state index >= 15 is 0 Å². The van der Waals surface area contributed by atoms with E-state index in [9.17, 15) is 5.11 Å². The minimum atomic E-state index is -0.773. The van der Waals surface area contributed by atoms with Gasteiger partial charge in [-0.05, 0) is 12.8 Å². The zero-order valence-corrected chi connectivity index (χ0v) is 10.3. The van der Waals surface area contributed by atoms with Gasteiger partial charge in [-0.15, -0.1) is 0 Å². The summed E-state index contributed by atoms with van der Waals surface area (Å²) in [6.07, 6.45) is 3.14. The third-order valence-corrected chi connectivity index (χ3v) is 4.29. The molecule has 1 saturated carbocycles. The van der Waals surface area contributed by atoms with E-state index in [1.54, 1.807) is 0 Å². The summed E-state index contributed by atoms with van der Waals surface area (Å²) < 4.78 is 11.4. The Morgan fingerprint density at radius 2 is 1.88 bits per heavy atom. The van der Waals surface area contributed by atoms with Gasteiger partial charge in [0.15, 0.2) is 5.79 Å². The normalized spacial score (nSPS) is 34.5. The van der Waals surface area contributed by atoms with Crippen molar-refractivity contribution < 1.29 is 14.6 Å². The van der Waals surface area contributed by atoms with Crippen LogP contribution in [0.3, 0.4) is 0 Å². The fraction of sp³-hybridized carbons (Fsp3) is 1.00. The topological polar surface area (TPSA) is 64.7 Å². The van der Waals surface area contributed by atoms with Gasteiger partial charge in [0.25, 0.3) is 0 Å². The molecule has 16 heavy (non-hydrogen) atoms. The Morgan fingerprint density at radius 3 is 2.44 bits per heavy atom. The first-order chi connectivity index (χ1) is 7.43. The Balaban J connectivity index is 2.17. The quantitative estimate of drug-likeness (QED) is 0.742. The maximum Gasteiger partial charge on any atom is 0.171 e. The van der Waals surface area contributed by atoms with Gasteiger partial charge in [0, 0.05) is 24.8 Å². The molecule has 1 aliphatic carbocycles. The van der Waals surface area contributed by atoms with Gasteiger partial charge < -0.3 is 20.3 Å². The second-order valence-electron chi connectivity index (χ2n) is 5.76. The molecule has 2 fully saturated rings. The molecule has 1 atom stereocenters. The summed E-state index contributed by atoms with van der Waals surface area (Å²) in [5.41, 5.74) is 4.70. The first kappa shape index (κ1) is 12.3. The van der Waals surface area contributed by atoms with E-state index in [-0.39, 0.29) is 5.41 Å². The summed E-state index contributed by atoms with van der Waals surface area (Å²) in [6.45, 7) is 5.78. The minimum absolute atomic E-state index is 0.296. The van der Waals surface area contributed by atoms with E-state index < -0.39 is 11.4 Å². The molecule has 3 N–H and O–H groups in total. The molecule has 0 bridgehead atoms. The molecule has 1 aliphatic heterocycles. The van der Waals surface area contributed by atoms with Gasteiger partial charge in [0.2, 0.25) is 0 Å². The predicted octanol–water partition coefficient (Wildman–Crippen LogP) is 1.02. The van der Waals surface area contributed by atoms with Gasteiger partial charge in [-0.25, -0.2) is 0 Å². The highest BCUT2D eigenvalue weighted by Gasteiger charge is 2.53. The molecular formula is C12H23NO3. The number of aliphatic hydroxyl groups is 1. The number of hydrogen-bond acceptors (Lipinski definition) is 4. The van der Waals surface area contributed by atoms with Crippen molar-refractivity contribution in [1.82, 2.24) is 0 Å². The van der Waals surface area contributed by atoms with Crippen molar-refractivity contribution in [2.45, 2.75) is 50.9 Å². The average molecular weight is 229 g/mol. The van der Waals surface area contributed by atoms with Crippen LogP contribution in [0.15, 0.2) is 0 Å². The Hall–Kier alpha value is -0.160. The second kappa shape index (κ2) is 3.95. The molecule has 0 radical (unpaired) electrons. The van der Waals surface area contributed by atoms with Crippen LogP contribution < -0.4 is 5.73 Å². The lowest BCUT2D eigenvalue weighted by Crippen LogP contribution is -2.56. The molecule has 2 rings (SSSR count). The van der Waals surface area contributed by atoms with E-state index in [2.05, 4.69) is 0 Å². The highest BCUT2D eigenvalue weighted by molar-refractivity contribution is 5.01. The molecule has 1 spiro atoms. The third kappa shape index (κ3) is 1.88. The summed E-state index contributed by atoms with van der Waals surface area (Å²) in [5, 5.41) is 10.8. The van der Waals surface area contributed by atoms with Gasteiger partial charge in [-0.1, -0.05) is 13.8 Å². The van der Waals surface area contributed by atoms with Crippen LogP contribution >= 0.6 is 0 Å². The van der Waals surface area contributed by atoms with Gasteiger partial charge >= 0.3 is 0 Å². The van der Waals surface area contributed by atoms with Gasteiger partial charge in [0.1, 0.15) is 0 Å². The molecule has 94 valence electrons. The van der Waals surface area contributed by atoms with Crippen LogP contribution in [0, 0.1) is 5.41 Å². The summed E-state index contributed by atoms with van der Waals surface area (Å²) in [5.74, 6) is -0.542. The van der Waals surface area contributed by atoms with Crippen molar-refractivity contribution in [2.24, 2.45) is 11.1 Å². The van der Waals surface area contributed by atoms with Crippen molar-refractivity contribution in [3.63, 3.8) is 0 Å². The zero-order valence-electron chi connectivity index (χ0n) is 10.3. The first-order valence-electron chi connectivity index (χ1n) is 6.14. The Morgan fingerprint density at radius 1 is 1.25 bits per heavy atom. The molecule has 1 unspecified atom stereocenters. The number of ether oxygens (including phenoxy) is 2. The van der Waals surface area contributed by atoms with Gasteiger partial charge in [-0.2, -0.15) is 0 Å². The van der Waals surface area contributed by atoms with Gasteiger partial charge in [0.05, 0.1) is 18.8 Å². The molecule has 4 heteroatoms. The fourth-order valence-corrected chi connectivity index (χ4v) is 2.78. The third-order valence-electron chi connectivity index (χ3n) is 4.29. The lowest BCUT2D eigenvalue weighted by atomic mass is 9.65. The summed E-state index contributed by atoms with van der Waals surface area (Å²) in [6, 6.07) is 0. The van der Waals surface area contributed by atoms with Crippen LogP contribution in [-0.4, -0.2) is 36.3 Å². The van der Waals surface area contributed by atoms with Crippen LogP contribution in [0.25, 0.3) is 0 Å². The zero-order chi connectivity index (χ0) is 11.9. The predicted molar refractivity (Wildman–Crippen MR) is 60.9 cm³/mol. The van der Waals surface area contributed by atoms with Crippen LogP contribution in [0.1, 0.15) is 39.5 Å². The lowest BCUT2D eigenvalue weighted by molar-refractivity contribution is -0.238. The molecule has 4 nitrogen and oxygen atoms in total. The number of hydrogen-bond donors (Lipinski definition) is 2. The maximum atomic E-state index is 10.8. The molecule has 1 heterocycles. The SMILES string of the molecule is CC(C)(CN)C1(O)CCCC2(C1)OCCO2. The highest BCUT2D eigenvalue weighted by Crippen LogP contribution is 2.48. The molecule has 0 aromatic heterocycles. The van der Waals surface area contributed by atoms with Crippen molar-refractivity contribution >= 4 is 0 Å². The van der Waals surface area contributed by atoms with Crippen molar-refractivity contribution in [1.29, 1.82) is 0 Å². The van der Waals surface area contributed by atoms with E-state index in [0.717, 1.165) is 19.3 Å². The van der Waals surface area contributed by atoms with E-state index in [0.29, 0.717) is 26.2 Å². The fourth-order valence-electron chi connectivity index (χ4n) is 2.78. The molecule has 0 aromatic rings. The smallest absolute Gasteiger partial charge is 0.171 e. The van der Waals surface area contributed by atoms with E-state index in [4.69, 9.17) is 15.2 Å². The summed E-state index contributed by atoms with van der Waals surface area (Å²) >= 11 is 0. The summed E-state index contributed by atoms with van der Waals surface area (Å²) in [7, 11) is 0. The standard InChI is InChI=1S/C12H23NO3/c1-10(2,9-13)11(14)4-3-5-12(8-11)15-6-7-16-12/h14H,3-9,13H2,1-2H3. The number of rotatable bonds is 2. The maximum absolute atomic E-state index is 10.8. The molecule has 1 saturated heterocycles. The Bertz CT molecular complexity index is 261. The van der Waals surface area contributed by atoms with E-state index in [1.807, 2.05) is 13.8 Å². The highest BCUT2D eigenvalue weighted by atomic mass is 16.7. The Labute approximate surface area is 97.1 Å². The molecule has 0 amide bonds. The number of nitrogens with two attached hydrogens (primary N) is 1. The van der Waals surface area contributed by atoms with Crippen molar-refractivity contribution in [2.75, 3.05) is 19.8 Å². The monoisotopic (exact) mass is 229 g/mol. The van der Waals surface area contributed by atoms with Crippen molar-refractivity contribution in [3.05, 3.63) is 0 Å². The van der Waals surface area contributed by atoms with Crippen LogP contribution in [0.4, 0.5) is 0 Å². The van der Waals surface area contributed by atoms with E-state index in [1.165, 1.54) is 0 Å². The lowest BCUT2D eigenvalue weighted by Gasteiger charge is -2.49. The van der Waals surface area contributed by atoms with Gasteiger partial charge in [-0.3, -0.25) is 0 Å². The molecule has 2 aliphatic rings. The molecular weight excluding hydrogens is 206 g/mol. The first-order valence-corrected chi connectivity index (χ1v) is 6.14. The van der Waals surface area contributed by atoms with Crippen molar-refractivity contribution in [3.8, 4) is 0 Å². The molecule has 0 aromatic carbocycles. The van der Waals surface area contributed by atoms with Crippen LogP contribution in [0.5, 0.6) is 0 Å². The second-order valence-corrected chi connectivity index (χ2v) is 5.76. The Kier molecular flexibility index (Phi) is 3.03. The minimum Gasteiger partial charge on any atom is -0.389 e. The average Bonchev–Trinajstić information content (AvgIpc) is 2.66. The summed E-state index contributed by atoms with van der Waals surface area (Å²) in [4.78, 5) is 0. The van der Waals surface area contributed by atoms with Crippen LogP contribution in [-0.2, 0) is 9.47 Å². The largest absolute Gasteiger partial charge is 0.389 e. The van der Waals surface area contributed by atoms with Crippen LogP contribution in [0.2, 0.25) is 0 Å².